The lowest BCUT2D eigenvalue weighted by Crippen LogP contribution is -2.53. The van der Waals surface area contributed by atoms with Crippen LogP contribution in [0.3, 0.4) is 0 Å². The summed E-state index contributed by atoms with van der Waals surface area (Å²) in [7, 11) is -2.38. The van der Waals surface area contributed by atoms with E-state index in [-0.39, 0.29) is 13.0 Å². The summed E-state index contributed by atoms with van der Waals surface area (Å²) in [5, 5.41) is 10.3. The predicted molar refractivity (Wildman–Crippen MR) is 131 cm³/mol. The largest absolute Gasteiger partial charge is 0.378 e. The number of aliphatic hydroxyl groups is 1. The van der Waals surface area contributed by atoms with Crippen molar-refractivity contribution in [2.75, 3.05) is 20.0 Å². The molecule has 186 valence electrons. The molecule has 4 rings (SSSR count). The van der Waals surface area contributed by atoms with E-state index in [2.05, 4.69) is 0 Å². The number of aliphatic hydroxyl groups excluding tert-OH is 1. The van der Waals surface area contributed by atoms with Gasteiger partial charge in [0.25, 0.3) is 10.1 Å². The topological polar surface area (TPSA) is 91.3 Å². The molecule has 3 aromatic rings. The van der Waals surface area contributed by atoms with E-state index in [9.17, 15) is 13.5 Å². The third kappa shape index (κ3) is 5.81. The van der Waals surface area contributed by atoms with Crippen molar-refractivity contribution in [3.05, 3.63) is 108 Å². The van der Waals surface area contributed by atoms with Gasteiger partial charge >= 0.3 is 0 Å². The molecule has 3 aromatic carbocycles. The van der Waals surface area contributed by atoms with Gasteiger partial charge in [0.2, 0.25) is 0 Å². The fourth-order valence-electron chi connectivity index (χ4n) is 4.57. The standard InChI is InChI=1S/C27H30O7S/c1-31-23-18-25(28)33-24(26(23)34-35(2,29)30)19-32-27(20-12-6-3-7-13-20,21-14-8-4-9-15-21)22-16-10-5-11-17-22/h3-17,23-26,28H,18-19H2,1-2H3/t23-,24-,25+,26+/m1/s1. The number of methoxy groups -OCH3 is 1. The van der Waals surface area contributed by atoms with Gasteiger partial charge in [-0.1, -0.05) is 91.0 Å². The predicted octanol–water partition coefficient (Wildman–Crippen LogP) is 3.46. The Kier molecular flexibility index (Phi) is 8.01. The van der Waals surface area contributed by atoms with Crippen LogP contribution in [0, 0.1) is 0 Å². The molecule has 0 spiro atoms. The van der Waals surface area contributed by atoms with Gasteiger partial charge < -0.3 is 19.3 Å². The Morgan fingerprint density at radius 2 is 1.34 bits per heavy atom. The first-order valence-electron chi connectivity index (χ1n) is 11.4. The molecule has 0 radical (unpaired) electrons. The van der Waals surface area contributed by atoms with Crippen LogP contribution in [-0.2, 0) is 34.1 Å². The lowest BCUT2D eigenvalue weighted by atomic mass is 9.80. The van der Waals surface area contributed by atoms with Crippen LogP contribution in [0.1, 0.15) is 23.1 Å². The van der Waals surface area contributed by atoms with E-state index >= 15 is 0 Å². The SMILES string of the molecule is CO[C@@H]1C[C@@H](O)O[C@H](COC(c2ccccc2)(c2ccccc2)c2ccccc2)[C@H]1OS(C)(=O)=O. The second-order valence-corrected chi connectivity index (χ2v) is 10.1. The van der Waals surface area contributed by atoms with Crippen molar-refractivity contribution < 1.29 is 31.9 Å². The Balaban J connectivity index is 1.79. The lowest BCUT2D eigenvalue weighted by Gasteiger charge is -2.41. The van der Waals surface area contributed by atoms with E-state index in [1.54, 1.807) is 0 Å². The first-order valence-corrected chi connectivity index (χ1v) is 13.2. The zero-order valence-electron chi connectivity index (χ0n) is 19.7. The molecule has 8 heteroatoms. The number of hydrogen-bond acceptors (Lipinski definition) is 7. The molecule has 35 heavy (non-hydrogen) atoms. The Bertz CT molecular complexity index is 1070. The highest BCUT2D eigenvalue weighted by Gasteiger charge is 2.44. The van der Waals surface area contributed by atoms with Crippen LogP contribution in [-0.4, -0.2) is 58.1 Å². The second kappa shape index (κ2) is 11.0. The molecule has 0 bridgehead atoms. The molecular formula is C27H30O7S. The van der Waals surface area contributed by atoms with Crippen molar-refractivity contribution in [3.63, 3.8) is 0 Å². The molecule has 0 aliphatic carbocycles. The summed E-state index contributed by atoms with van der Waals surface area (Å²) in [6, 6.07) is 29.4. The van der Waals surface area contributed by atoms with Crippen molar-refractivity contribution in [2.45, 2.75) is 36.6 Å². The lowest BCUT2D eigenvalue weighted by molar-refractivity contribution is -0.246. The van der Waals surface area contributed by atoms with Crippen LogP contribution in [0.4, 0.5) is 0 Å². The van der Waals surface area contributed by atoms with Crippen molar-refractivity contribution in [3.8, 4) is 0 Å². The minimum absolute atomic E-state index is 0.0736. The van der Waals surface area contributed by atoms with Gasteiger partial charge in [0.05, 0.1) is 19.0 Å². The first kappa shape index (κ1) is 25.5. The Hall–Kier alpha value is -2.59. The van der Waals surface area contributed by atoms with Gasteiger partial charge in [-0.15, -0.1) is 0 Å². The first-order chi connectivity index (χ1) is 16.8. The van der Waals surface area contributed by atoms with Gasteiger partial charge in [-0.3, -0.25) is 4.18 Å². The van der Waals surface area contributed by atoms with Crippen LogP contribution in [0.15, 0.2) is 91.0 Å². The summed E-state index contributed by atoms with van der Waals surface area (Å²) >= 11 is 0. The van der Waals surface area contributed by atoms with Gasteiger partial charge in [0.15, 0.2) is 6.29 Å². The molecule has 0 aromatic heterocycles. The highest BCUT2D eigenvalue weighted by molar-refractivity contribution is 7.86. The molecule has 1 saturated heterocycles. The summed E-state index contributed by atoms with van der Waals surface area (Å²) < 4.78 is 47.3. The maximum absolute atomic E-state index is 12.0. The number of rotatable bonds is 9. The zero-order chi connectivity index (χ0) is 24.9. The average molecular weight is 499 g/mol. The molecule has 0 saturated carbocycles. The quantitative estimate of drug-likeness (QED) is 0.357. The van der Waals surface area contributed by atoms with E-state index < -0.39 is 40.3 Å². The average Bonchev–Trinajstić information content (AvgIpc) is 2.87. The summed E-state index contributed by atoms with van der Waals surface area (Å²) in [4.78, 5) is 0. The van der Waals surface area contributed by atoms with Gasteiger partial charge in [0.1, 0.15) is 17.8 Å². The van der Waals surface area contributed by atoms with Crippen molar-refractivity contribution in [1.29, 1.82) is 0 Å². The molecule has 0 amide bonds. The van der Waals surface area contributed by atoms with Crippen molar-refractivity contribution >= 4 is 10.1 Å². The van der Waals surface area contributed by atoms with E-state index in [4.69, 9.17) is 18.4 Å². The minimum Gasteiger partial charge on any atom is -0.378 e. The molecule has 1 aliphatic heterocycles. The van der Waals surface area contributed by atoms with Crippen LogP contribution in [0.5, 0.6) is 0 Å². The normalized spacial score (nSPS) is 23.2. The van der Waals surface area contributed by atoms with E-state index in [0.29, 0.717) is 0 Å². The van der Waals surface area contributed by atoms with Crippen LogP contribution >= 0.6 is 0 Å². The van der Waals surface area contributed by atoms with Crippen LogP contribution in [0.25, 0.3) is 0 Å². The Morgan fingerprint density at radius 3 is 1.74 bits per heavy atom. The van der Waals surface area contributed by atoms with Gasteiger partial charge in [0, 0.05) is 13.5 Å². The third-order valence-electron chi connectivity index (χ3n) is 6.09. The maximum Gasteiger partial charge on any atom is 0.264 e. The molecule has 7 nitrogen and oxygen atoms in total. The summed E-state index contributed by atoms with van der Waals surface area (Å²) in [5.74, 6) is 0. The molecule has 1 fully saturated rings. The fraction of sp³-hybridized carbons (Fsp3) is 0.333. The monoisotopic (exact) mass is 498 g/mol. The van der Waals surface area contributed by atoms with Gasteiger partial charge in [-0.05, 0) is 16.7 Å². The molecule has 4 atom stereocenters. The second-order valence-electron chi connectivity index (χ2n) is 8.49. The van der Waals surface area contributed by atoms with Crippen molar-refractivity contribution in [1.82, 2.24) is 0 Å². The van der Waals surface area contributed by atoms with E-state index in [1.165, 1.54) is 7.11 Å². The Morgan fingerprint density at radius 1 is 0.886 bits per heavy atom. The summed E-state index contributed by atoms with van der Waals surface area (Å²) in [6.07, 6.45) is -2.68. The highest BCUT2D eigenvalue weighted by Crippen LogP contribution is 2.41. The third-order valence-corrected chi connectivity index (χ3v) is 6.66. The molecule has 1 heterocycles. The number of benzene rings is 3. The fourth-order valence-corrected chi connectivity index (χ4v) is 5.22. The van der Waals surface area contributed by atoms with Crippen LogP contribution in [0.2, 0.25) is 0 Å². The molecule has 0 unspecified atom stereocenters. The summed E-state index contributed by atoms with van der Waals surface area (Å²) in [6.45, 7) is -0.0736. The number of ether oxygens (including phenoxy) is 3. The smallest absolute Gasteiger partial charge is 0.264 e. The van der Waals surface area contributed by atoms with Gasteiger partial charge in [-0.2, -0.15) is 8.42 Å². The van der Waals surface area contributed by atoms with Crippen LogP contribution < -0.4 is 0 Å². The van der Waals surface area contributed by atoms with Gasteiger partial charge in [-0.25, -0.2) is 0 Å². The summed E-state index contributed by atoms with van der Waals surface area (Å²) in [5.41, 5.74) is 1.63. The molecular weight excluding hydrogens is 468 g/mol. The van der Waals surface area contributed by atoms with E-state index in [1.807, 2.05) is 91.0 Å². The maximum atomic E-state index is 12.0. The number of hydrogen-bond donors (Lipinski definition) is 1. The molecule has 1 aliphatic rings. The Labute approximate surface area is 206 Å². The van der Waals surface area contributed by atoms with E-state index in [0.717, 1.165) is 22.9 Å². The zero-order valence-corrected chi connectivity index (χ0v) is 20.5. The minimum atomic E-state index is -3.82. The molecule has 1 N–H and O–H groups in total. The van der Waals surface area contributed by atoms with Crippen molar-refractivity contribution in [2.24, 2.45) is 0 Å². The highest BCUT2D eigenvalue weighted by atomic mass is 32.2.